The Kier molecular flexibility index (Phi) is 4.32. The number of hydrogen-bond donors (Lipinski definition) is 1. The van der Waals surface area contributed by atoms with E-state index < -0.39 is 5.60 Å². The Hall–Kier alpha value is -1.26. The van der Waals surface area contributed by atoms with Crippen molar-refractivity contribution >= 4 is 23.2 Å². The smallest absolute Gasteiger partial charge is 0.256 e. The van der Waals surface area contributed by atoms with Gasteiger partial charge in [-0.3, -0.25) is 4.79 Å². The first kappa shape index (κ1) is 14.2. The summed E-state index contributed by atoms with van der Waals surface area (Å²) in [6.45, 7) is 0. The molecule has 0 unspecified atom stereocenters. The molecule has 19 heavy (non-hydrogen) atoms. The summed E-state index contributed by atoms with van der Waals surface area (Å²) in [5.74, 6) is 0.482. The molecule has 4 nitrogen and oxygen atoms in total. The lowest BCUT2D eigenvalue weighted by Crippen LogP contribution is -2.42. The van der Waals surface area contributed by atoms with Gasteiger partial charge in [0, 0.05) is 12.8 Å². The number of ether oxygens (including phenoxy) is 2. The average Bonchev–Trinajstić information content (AvgIpc) is 2.89. The number of amides is 1. The summed E-state index contributed by atoms with van der Waals surface area (Å²) in [5, 5.41) is 3.33. The van der Waals surface area contributed by atoms with Gasteiger partial charge in [0.05, 0.1) is 12.1 Å². The molecule has 1 aromatic rings. The van der Waals surface area contributed by atoms with Crippen LogP contribution in [0.1, 0.15) is 25.7 Å². The average molecular weight is 284 g/mol. The minimum absolute atomic E-state index is 0.103. The predicted octanol–water partition coefficient (Wildman–Crippen LogP) is 3.25. The molecule has 0 spiro atoms. The minimum Gasteiger partial charge on any atom is -0.495 e. The highest BCUT2D eigenvalue weighted by atomic mass is 35.5. The summed E-state index contributed by atoms with van der Waals surface area (Å²) in [6.07, 6.45) is 3.56. The second-order valence-electron chi connectivity index (χ2n) is 4.71. The van der Waals surface area contributed by atoms with Gasteiger partial charge < -0.3 is 14.8 Å². The largest absolute Gasteiger partial charge is 0.495 e. The highest BCUT2D eigenvalue weighted by Gasteiger charge is 2.41. The molecule has 0 bridgehead atoms. The van der Waals surface area contributed by atoms with Crippen molar-refractivity contribution in [2.75, 3.05) is 19.5 Å². The minimum atomic E-state index is -0.688. The third-order valence-electron chi connectivity index (χ3n) is 3.63. The van der Waals surface area contributed by atoms with Crippen LogP contribution >= 0.6 is 11.6 Å². The van der Waals surface area contributed by atoms with Gasteiger partial charge in [-0.15, -0.1) is 0 Å². The van der Waals surface area contributed by atoms with Crippen molar-refractivity contribution in [3.63, 3.8) is 0 Å². The van der Waals surface area contributed by atoms with Crippen LogP contribution in [0.25, 0.3) is 0 Å². The standard InChI is InChI=1S/C14H18ClNO3/c1-18-12-6-5-10(9-11(12)15)16-13(17)14(19-2)7-3-4-8-14/h5-6,9H,3-4,7-8H2,1-2H3,(H,16,17). The molecule has 1 amide bonds. The van der Waals surface area contributed by atoms with E-state index in [0.717, 1.165) is 25.7 Å². The molecule has 2 rings (SSSR count). The predicted molar refractivity (Wildman–Crippen MR) is 74.8 cm³/mol. The number of nitrogens with one attached hydrogen (secondary N) is 1. The van der Waals surface area contributed by atoms with Crippen molar-refractivity contribution in [1.82, 2.24) is 0 Å². The van der Waals surface area contributed by atoms with Gasteiger partial charge in [-0.1, -0.05) is 11.6 Å². The number of benzene rings is 1. The number of halogens is 1. The van der Waals surface area contributed by atoms with Crippen LogP contribution in [0.5, 0.6) is 5.75 Å². The van der Waals surface area contributed by atoms with E-state index in [9.17, 15) is 4.79 Å². The summed E-state index contributed by atoms with van der Waals surface area (Å²) >= 11 is 6.03. The first-order chi connectivity index (χ1) is 9.11. The Labute approximate surface area is 118 Å². The zero-order valence-electron chi connectivity index (χ0n) is 11.2. The van der Waals surface area contributed by atoms with Crippen molar-refractivity contribution in [3.8, 4) is 5.75 Å². The summed E-state index contributed by atoms with van der Waals surface area (Å²) in [5.41, 5.74) is -0.0361. The fraction of sp³-hybridized carbons (Fsp3) is 0.500. The first-order valence-electron chi connectivity index (χ1n) is 6.31. The molecule has 1 aromatic carbocycles. The lowest BCUT2D eigenvalue weighted by atomic mass is 10.0. The fourth-order valence-electron chi connectivity index (χ4n) is 2.46. The molecule has 0 atom stereocenters. The number of rotatable bonds is 4. The van der Waals surface area contributed by atoms with Crippen LogP contribution in [0.15, 0.2) is 18.2 Å². The van der Waals surface area contributed by atoms with Gasteiger partial charge in [-0.25, -0.2) is 0 Å². The summed E-state index contributed by atoms with van der Waals surface area (Å²) in [6, 6.07) is 5.17. The van der Waals surface area contributed by atoms with Crippen molar-refractivity contribution in [1.29, 1.82) is 0 Å². The maximum atomic E-state index is 12.3. The molecule has 104 valence electrons. The van der Waals surface area contributed by atoms with Crippen LogP contribution in [0.3, 0.4) is 0 Å². The van der Waals surface area contributed by atoms with Gasteiger partial charge in [-0.05, 0) is 43.9 Å². The maximum Gasteiger partial charge on any atom is 0.256 e. The van der Waals surface area contributed by atoms with E-state index in [-0.39, 0.29) is 5.91 Å². The molecule has 1 N–H and O–H groups in total. The third kappa shape index (κ3) is 2.85. The van der Waals surface area contributed by atoms with Crippen LogP contribution in [-0.2, 0) is 9.53 Å². The third-order valence-corrected chi connectivity index (χ3v) is 3.92. The summed E-state index contributed by atoms with van der Waals surface area (Å²) in [7, 11) is 3.14. The second-order valence-corrected chi connectivity index (χ2v) is 5.12. The topological polar surface area (TPSA) is 47.6 Å². The summed E-state index contributed by atoms with van der Waals surface area (Å²) < 4.78 is 10.5. The van der Waals surface area contributed by atoms with E-state index in [2.05, 4.69) is 5.32 Å². The summed E-state index contributed by atoms with van der Waals surface area (Å²) in [4.78, 5) is 12.3. The van der Waals surface area contributed by atoms with Gasteiger partial charge in [-0.2, -0.15) is 0 Å². The molecule has 1 fully saturated rings. The zero-order chi connectivity index (χ0) is 13.9. The van der Waals surface area contributed by atoms with Crippen LogP contribution < -0.4 is 10.1 Å². The zero-order valence-corrected chi connectivity index (χ0v) is 11.9. The number of carbonyl (C=O) groups excluding carboxylic acids is 1. The molecule has 1 saturated carbocycles. The maximum absolute atomic E-state index is 12.3. The molecule has 0 radical (unpaired) electrons. The Bertz CT molecular complexity index is 470. The normalized spacial score (nSPS) is 17.2. The van der Waals surface area contributed by atoms with Crippen LogP contribution in [0.2, 0.25) is 5.02 Å². The van der Waals surface area contributed by atoms with Gasteiger partial charge in [0.1, 0.15) is 11.4 Å². The van der Waals surface area contributed by atoms with Crippen LogP contribution in [0, 0.1) is 0 Å². The molecule has 0 heterocycles. The lowest BCUT2D eigenvalue weighted by molar-refractivity contribution is -0.136. The van der Waals surface area contributed by atoms with Crippen molar-refractivity contribution < 1.29 is 14.3 Å². The van der Waals surface area contributed by atoms with Gasteiger partial charge in [0.15, 0.2) is 0 Å². The fourth-order valence-corrected chi connectivity index (χ4v) is 2.72. The quantitative estimate of drug-likeness (QED) is 0.923. The molecule has 1 aliphatic carbocycles. The Morgan fingerprint density at radius 2 is 2.00 bits per heavy atom. The molecule has 5 heteroatoms. The molecular formula is C14H18ClNO3. The molecule has 0 aliphatic heterocycles. The molecule has 0 aromatic heterocycles. The van der Waals surface area contributed by atoms with Crippen molar-refractivity contribution in [2.24, 2.45) is 0 Å². The highest BCUT2D eigenvalue weighted by molar-refractivity contribution is 6.32. The number of hydrogen-bond acceptors (Lipinski definition) is 3. The van der Waals surface area contributed by atoms with Gasteiger partial charge >= 0.3 is 0 Å². The van der Waals surface area contributed by atoms with Gasteiger partial charge in [0.25, 0.3) is 5.91 Å². The monoisotopic (exact) mass is 283 g/mol. The first-order valence-corrected chi connectivity index (χ1v) is 6.69. The van der Waals surface area contributed by atoms with Crippen LogP contribution in [-0.4, -0.2) is 25.7 Å². The lowest BCUT2D eigenvalue weighted by Gasteiger charge is -2.26. The highest BCUT2D eigenvalue weighted by Crippen LogP contribution is 2.34. The molecule has 0 saturated heterocycles. The second kappa shape index (κ2) is 5.80. The molecular weight excluding hydrogens is 266 g/mol. The van der Waals surface area contributed by atoms with E-state index in [1.807, 2.05) is 0 Å². The van der Waals surface area contributed by atoms with E-state index in [0.29, 0.717) is 16.5 Å². The van der Waals surface area contributed by atoms with E-state index >= 15 is 0 Å². The van der Waals surface area contributed by atoms with Crippen molar-refractivity contribution in [2.45, 2.75) is 31.3 Å². The number of methoxy groups -OCH3 is 2. The number of anilines is 1. The molecule has 1 aliphatic rings. The SMILES string of the molecule is COc1ccc(NC(=O)C2(OC)CCCC2)cc1Cl. The Morgan fingerprint density at radius 1 is 1.32 bits per heavy atom. The Morgan fingerprint density at radius 3 is 2.53 bits per heavy atom. The van der Waals surface area contributed by atoms with Crippen LogP contribution in [0.4, 0.5) is 5.69 Å². The van der Waals surface area contributed by atoms with Crippen molar-refractivity contribution in [3.05, 3.63) is 23.2 Å². The van der Waals surface area contributed by atoms with E-state index in [1.54, 1.807) is 32.4 Å². The van der Waals surface area contributed by atoms with Gasteiger partial charge in [0.2, 0.25) is 0 Å². The Balaban J connectivity index is 2.12. The van der Waals surface area contributed by atoms with E-state index in [1.165, 1.54) is 0 Å². The van der Waals surface area contributed by atoms with E-state index in [4.69, 9.17) is 21.1 Å². The number of carbonyl (C=O) groups is 1.